The molecule has 0 aliphatic heterocycles. The minimum absolute atomic E-state index is 0.381. The van der Waals surface area contributed by atoms with Crippen molar-refractivity contribution in [3.8, 4) is 71.0 Å². The largest absolute Gasteiger partial charge is 0.202 e. The van der Waals surface area contributed by atoms with Crippen molar-refractivity contribution in [1.82, 2.24) is 0 Å². The van der Waals surface area contributed by atoms with Crippen LogP contribution in [-0.2, 0) is 0 Å². The molecule has 4 bridgehead atoms. The molecule has 4 aliphatic rings. The van der Waals surface area contributed by atoms with Gasteiger partial charge in [-0.3, -0.25) is 0 Å². The Morgan fingerprint density at radius 1 is 0.312 bits per heavy atom. The molecule has 2 aromatic carbocycles. The molecule has 0 radical (unpaired) electrons. The van der Waals surface area contributed by atoms with Crippen LogP contribution in [0.2, 0.25) is 0 Å². The minimum atomic E-state index is -1.63. The number of hydrogen-bond donors (Lipinski definition) is 0. The molecule has 10 rings (SSSR count). The normalized spacial score (nSPS) is 10.9. The number of rotatable bonds is 0. The molecule has 0 atom stereocenters. The van der Waals surface area contributed by atoms with Crippen LogP contribution in [0.15, 0.2) is 70.1 Å². The van der Waals surface area contributed by atoms with Gasteiger partial charge in [-0.1, -0.05) is 47.4 Å². The van der Waals surface area contributed by atoms with Gasteiger partial charge in [-0.25, -0.2) is 17.6 Å². The standard InChI is InChI=1S/C40H12F4S4/c41-37-31-11-15-35-29(19-23-47-35)9-7-27-17-21-45-33(27)13-5-25-1-2-26(4-3-25)6-14-34-28(18-22-46-34)8-10-30-20-24-48-36(30)16-12-32(39(37)43)40(44)38(31)42/h1-4,17-24H. The lowest BCUT2D eigenvalue weighted by molar-refractivity contribution is 0.447. The van der Waals surface area contributed by atoms with Crippen LogP contribution in [0, 0.1) is 94.3 Å². The average molecular weight is 697 g/mol. The maximum absolute atomic E-state index is 15.1. The van der Waals surface area contributed by atoms with E-state index >= 15 is 17.6 Å². The number of hydrogen-bond acceptors (Lipinski definition) is 4. The van der Waals surface area contributed by atoms with E-state index in [0.717, 1.165) is 20.9 Å². The van der Waals surface area contributed by atoms with E-state index in [1.807, 2.05) is 47.2 Å². The summed E-state index contributed by atoms with van der Waals surface area (Å²) < 4.78 is 60.4. The van der Waals surface area contributed by atoms with Crippen molar-refractivity contribution in [1.29, 1.82) is 0 Å². The van der Waals surface area contributed by atoms with Crippen molar-refractivity contribution in [2.45, 2.75) is 0 Å². The van der Waals surface area contributed by atoms with E-state index < -0.39 is 34.4 Å². The molecule has 0 saturated heterocycles. The van der Waals surface area contributed by atoms with Gasteiger partial charge in [0.15, 0.2) is 23.3 Å². The van der Waals surface area contributed by atoms with Gasteiger partial charge in [-0.15, -0.1) is 45.3 Å². The molecule has 0 N–H and O–H groups in total. The SMILES string of the molecule is Fc1c(F)c2c(F)c(F)c1C#Cc1sccc1C#Cc1ccsc1C#Cc1ccc(cc1)C#Cc1sccc1C#Cc1ccsc1C#C2. The van der Waals surface area contributed by atoms with E-state index in [0.29, 0.717) is 32.0 Å². The van der Waals surface area contributed by atoms with Crippen LogP contribution in [0.5, 0.6) is 0 Å². The molecule has 4 heterocycles. The van der Waals surface area contributed by atoms with Crippen molar-refractivity contribution in [2.24, 2.45) is 0 Å². The highest BCUT2D eigenvalue weighted by Crippen LogP contribution is 2.25. The quantitative estimate of drug-likeness (QED) is 0.0843. The number of halogens is 4. The highest BCUT2D eigenvalue weighted by atomic mass is 32.1. The van der Waals surface area contributed by atoms with Crippen molar-refractivity contribution < 1.29 is 17.6 Å². The van der Waals surface area contributed by atoms with Crippen molar-refractivity contribution in [3.05, 3.63) is 157 Å². The van der Waals surface area contributed by atoms with Gasteiger partial charge in [0.1, 0.15) is 11.1 Å². The Kier molecular flexibility index (Phi) is 8.76. The lowest BCUT2D eigenvalue weighted by Gasteiger charge is -2.04. The molecular formula is C40H12F4S4. The highest BCUT2D eigenvalue weighted by molar-refractivity contribution is 7.11. The Morgan fingerprint density at radius 3 is 0.875 bits per heavy atom. The molecule has 48 heavy (non-hydrogen) atoms. The first kappa shape index (κ1) is 30.9. The molecule has 4 aliphatic carbocycles. The molecule has 0 spiro atoms. The van der Waals surface area contributed by atoms with Gasteiger partial charge >= 0.3 is 0 Å². The van der Waals surface area contributed by atoms with E-state index in [1.165, 1.54) is 45.3 Å². The molecule has 0 fully saturated rings. The summed E-state index contributed by atoms with van der Waals surface area (Å²) >= 11 is 5.26. The Hall–Kier alpha value is -5.68. The Bertz CT molecular complexity index is 2430. The molecule has 0 amide bonds. The summed E-state index contributed by atoms with van der Waals surface area (Å²) in [6.07, 6.45) is 0. The fourth-order valence-corrected chi connectivity index (χ4v) is 7.06. The van der Waals surface area contributed by atoms with Gasteiger partial charge in [0.25, 0.3) is 0 Å². The second kappa shape index (κ2) is 13.6. The predicted molar refractivity (Wildman–Crippen MR) is 186 cm³/mol. The molecule has 0 nitrogen and oxygen atoms in total. The first-order valence-electron chi connectivity index (χ1n) is 13.8. The van der Waals surface area contributed by atoms with E-state index in [4.69, 9.17) is 0 Å². The summed E-state index contributed by atoms with van der Waals surface area (Å²) in [4.78, 5) is 2.29. The molecule has 0 saturated carbocycles. The van der Waals surface area contributed by atoms with E-state index in [-0.39, 0.29) is 0 Å². The first-order chi connectivity index (χ1) is 23.4. The van der Waals surface area contributed by atoms with Crippen LogP contribution >= 0.6 is 45.3 Å². The van der Waals surface area contributed by atoms with E-state index in [1.54, 1.807) is 22.9 Å². The van der Waals surface area contributed by atoms with E-state index in [2.05, 4.69) is 71.0 Å². The lowest BCUT2D eigenvalue weighted by atomic mass is 10.1. The van der Waals surface area contributed by atoms with Gasteiger partial charge in [0.05, 0.1) is 41.8 Å². The number of thiophene rings is 4. The minimum Gasteiger partial charge on any atom is -0.202 e. The third-order valence-electron chi connectivity index (χ3n) is 6.72. The van der Waals surface area contributed by atoms with Gasteiger partial charge in [-0.2, -0.15) is 0 Å². The molecule has 8 heteroatoms. The van der Waals surface area contributed by atoms with Crippen molar-refractivity contribution in [2.75, 3.05) is 0 Å². The smallest absolute Gasteiger partial charge is 0.178 e. The average Bonchev–Trinajstić information content (AvgIpc) is 3.92. The molecule has 6 aromatic rings. The second-order valence-electron chi connectivity index (χ2n) is 9.74. The summed E-state index contributed by atoms with van der Waals surface area (Å²) in [5, 5.41) is 7.19. The van der Waals surface area contributed by atoms with Gasteiger partial charge < -0.3 is 0 Å². The zero-order chi connectivity index (χ0) is 33.0. The van der Waals surface area contributed by atoms with Crippen molar-refractivity contribution >= 4 is 45.3 Å². The number of benzene rings is 2. The van der Waals surface area contributed by atoms with Crippen LogP contribution in [-0.4, -0.2) is 0 Å². The zero-order valence-electron chi connectivity index (χ0n) is 24.1. The summed E-state index contributed by atoms with van der Waals surface area (Å²) in [7, 11) is 0. The summed E-state index contributed by atoms with van der Waals surface area (Å²) in [5.41, 5.74) is 1.97. The molecule has 224 valence electrons. The highest BCUT2D eigenvalue weighted by Gasteiger charge is 2.24. The molecule has 4 aromatic heterocycles. The van der Waals surface area contributed by atoms with Crippen LogP contribution in [0.4, 0.5) is 17.6 Å². The Labute approximate surface area is 289 Å². The lowest BCUT2D eigenvalue weighted by Crippen LogP contribution is -2.04. The maximum atomic E-state index is 15.1. The monoisotopic (exact) mass is 696 g/mol. The van der Waals surface area contributed by atoms with Crippen LogP contribution in [0.25, 0.3) is 0 Å². The summed E-state index contributed by atoms with van der Waals surface area (Å²) in [6.45, 7) is 0. The molecular weight excluding hydrogens is 685 g/mol. The van der Waals surface area contributed by atoms with Crippen LogP contribution in [0.3, 0.4) is 0 Å². The fraction of sp³-hybridized carbons (Fsp3) is 0. The predicted octanol–water partition coefficient (Wildman–Crippen LogP) is 9.20. The fourth-order valence-electron chi connectivity index (χ4n) is 4.27. The third kappa shape index (κ3) is 6.45. The zero-order valence-corrected chi connectivity index (χ0v) is 27.3. The topological polar surface area (TPSA) is 0 Å². The van der Waals surface area contributed by atoms with Crippen LogP contribution in [0.1, 0.15) is 64.0 Å². The van der Waals surface area contributed by atoms with E-state index in [9.17, 15) is 0 Å². The summed E-state index contributed by atoms with van der Waals surface area (Å²) in [6, 6.07) is 14.7. The third-order valence-corrected chi connectivity index (χ3v) is 10.0. The summed E-state index contributed by atoms with van der Waals surface area (Å²) in [5.74, 6) is 28.2. The van der Waals surface area contributed by atoms with Gasteiger partial charge in [-0.05, 0) is 93.7 Å². The first-order valence-corrected chi connectivity index (χ1v) is 17.3. The van der Waals surface area contributed by atoms with Gasteiger partial charge in [0.2, 0.25) is 0 Å². The van der Waals surface area contributed by atoms with Gasteiger partial charge in [0, 0.05) is 11.1 Å². The molecule has 0 unspecified atom stereocenters. The maximum Gasteiger partial charge on any atom is 0.178 e. The Morgan fingerprint density at radius 2 is 0.583 bits per heavy atom. The van der Waals surface area contributed by atoms with Crippen molar-refractivity contribution in [3.63, 3.8) is 0 Å². The Balaban J connectivity index is 1.36. The second-order valence-corrected chi connectivity index (χ2v) is 13.4. The van der Waals surface area contributed by atoms with Crippen LogP contribution < -0.4 is 0 Å².